The van der Waals surface area contributed by atoms with Gasteiger partial charge in [0, 0.05) is 0 Å². The van der Waals surface area contributed by atoms with Gasteiger partial charge in [0.05, 0.1) is 5.75 Å². The molecule has 1 rings (SSSR count). The van der Waals surface area contributed by atoms with E-state index in [1.807, 2.05) is 30.3 Å². The lowest BCUT2D eigenvalue weighted by molar-refractivity contribution is 1.43. The van der Waals surface area contributed by atoms with Crippen LogP contribution in [0.1, 0.15) is 5.56 Å². The van der Waals surface area contributed by atoms with Crippen LogP contribution in [0, 0.1) is 5.16 Å². The number of nitrogens with two attached hydrogens (primary N) is 1. The third kappa shape index (κ3) is 3.51. The summed E-state index contributed by atoms with van der Waals surface area (Å²) in [6, 6.07) is 10.1. The lowest BCUT2D eigenvalue weighted by atomic mass is 10.2. The molecule has 0 bridgehead atoms. The summed E-state index contributed by atoms with van der Waals surface area (Å²) >= 11 is 1.49. The summed E-state index contributed by atoms with van der Waals surface area (Å²) < 4.78 is 0. The van der Waals surface area contributed by atoms with E-state index < -0.39 is 7.07 Å². The maximum absolute atomic E-state index is 7.13. The maximum atomic E-state index is 7.13. The first-order valence-corrected chi connectivity index (χ1v) is 6.22. The third-order valence-electron chi connectivity index (χ3n) is 1.21. The molecule has 58 valence electrons. The van der Waals surface area contributed by atoms with Crippen LogP contribution >= 0.6 is 18.4 Å². The predicted molar refractivity (Wildman–Crippen MR) is 51.6 cm³/mol. The second-order valence-electron chi connectivity index (χ2n) is 2.08. The van der Waals surface area contributed by atoms with Crippen LogP contribution in [0.25, 0.3) is 0 Å². The van der Waals surface area contributed by atoms with Gasteiger partial charge in [0.1, 0.15) is 11.4 Å². The molecule has 1 aromatic carbocycles. The van der Waals surface area contributed by atoms with Crippen LogP contribution in [0.2, 0.25) is 0 Å². The van der Waals surface area contributed by atoms with E-state index in [9.17, 15) is 0 Å². The van der Waals surface area contributed by atoms with E-state index in [1.165, 1.54) is 16.9 Å². The normalized spacial score (nSPS) is 11.2. The van der Waals surface area contributed by atoms with Gasteiger partial charge in [-0.3, -0.25) is 0 Å². The molecule has 0 aliphatic heterocycles. The van der Waals surface area contributed by atoms with Crippen LogP contribution in [0.3, 0.4) is 0 Å². The van der Waals surface area contributed by atoms with Crippen LogP contribution < -0.4 is 5.50 Å². The van der Waals surface area contributed by atoms with E-state index in [-0.39, 0.29) is 0 Å². The molecule has 0 aliphatic carbocycles. The van der Waals surface area contributed by atoms with Crippen LogP contribution in [0.5, 0.6) is 0 Å². The Labute approximate surface area is 71.3 Å². The summed E-state index contributed by atoms with van der Waals surface area (Å²) in [5.41, 5.74) is 6.57. The molecule has 0 heterocycles. The number of nitrogens with one attached hydrogen (secondary N) is 1. The van der Waals surface area contributed by atoms with Crippen molar-refractivity contribution >= 4 is 18.4 Å². The van der Waals surface area contributed by atoms with Gasteiger partial charge in [-0.1, -0.05) is 35.5 Å². The molecule has 0 saturated heterocycles. The Kier molecular flexibility index (Phi) is 3.57. The van der Waals surface area contributed by atoms with Gasteiger partial charge in [-0.25, -0.2) is 0 Å². The molecule has 0 fully saturated rings. The third-order valence-corrected chi connectivity index (χ3v) is 3.18. The monoisotopic (exact) mass is 185 g/mol. The minimum atomic E-state index is -1.06. The van der Waals surface area contributed by atoms with Crippen molar-refractivity contribution in [2.45, 2.75) is 5.75 Å². The zero-order valence-electron chi connectivity index (χ0n) is 6.03. The molecule has 0 radical (unpaired) electrons. The van der Waals surface area contributed by atoms with Crippen LogP contribution in [0.15, 0.2) is 30.3 Å². The Balaban J connectivity index is 2.45. The second kappa shape index (κ2) is 4.50. The SMILES string of the molecule is N=[P+](N)SCc1ccccc1. The Hall–Kier alpha value is -0.370. The van der Waals surface area contributed by atoms with Crippen molar-refractivity contribution in [1.29, 1.82) is 5.16 Å². The van der Waals surface area contributed by atoms with Crippen LogP contribution in [-0.4, -0.2) is 0 Å². The largest absolute Gasteiger partial charge is 0.363 e. The van der Waals surface area contributed by atoms with E-state index >= 15 is 0 Å². The highest BCUT2D eigenvalue weighted by Gasteiger charge is 2.03. The zero-order chi connectivity index (χ0) is 8.10. The number of rotatable bonds is 3. The van der Waals surface area contributed by atoms with Gasteiger partial charge in [-0.05, 0) is 5.56 Å². The Morgan fingerprint density at radius 3 is 2.55 bits per heavy atom. The molecule has 0 amide bonds. The van der Waals surface area contributed by atoms with Gasteiger partial charge >= 0.3 is 7.07 Å². The molecule has 1 unspecified atom stereocenters. The Morgan fingerprint density at radius 2 is 2.00 bits per heavy atom. The van der Waals surface area contributed by atoms with Crippen molar-refractivity contribution in [3.05, 3.63) is 35.9 Å². The van der Waals surface area contributed by atoms with Crippen LogP contribution in [-0.2, 0) is 5.75 Å². The van der Waals surface area contributed by atoms with Crippen molar-refractivity contribution in [1.82, 2.24) is 0 Å². The van der Waals surface area contributed by atoms with E-state index in [2.05, 4.69) is 0 Å². The first kappa shape index (κ1) is 8.72. The smallest absolute Gasteiger partial charge is 0.128 e. The van der Waals surface area contributed by atoms with Crippen molar-refractivity contribution in [3.8, 4) is 0 Å². The zero-order valence-corrected chi connectivity index (χ0v) is 7.74. The summed E-state index contributed by atoms with van der Waals surface area (Å²) in [5.74, 6) is 0.854. The molecule has 2 nitrogen and oxygen atoms in total. The van der Waals surface area contributed by atoms with Crippen molar-refractivity contribution in [2.75, 3.05) is 0 Å². The lowest BCUT2D eigenvalue weighted by Gasteiger charge is -1.91. The van der Waals surface area contributed by atoms with E-state index in [0.29, 0.717) is 0 Å². The highest BCUT2D eigenvalue weighted by atomic mass is 32.7. The van der Waals surface area contributed by atoms with Crippen LogP contribution in [0.4, 0.5) is 0 Å². The fourth-order valence-electron chi connectivity index (χ4n) is 0.718. The van der Waals surface area contributed by atoms with E-state index in [0.717, 1.165) is 5.75 Å². The second-order valence-corrected chi connectivity index (χ2v) is 5.24. The van der Waals surface area contributed by atoms with E-state index in [4.69, 9.17) is 10.7 Å². The Morgan fingerprint density at radius 1 is 1.36 bits per heavy atom. The number of hydrogen-bond donors (Lipinski definition) is 2. The molecule has 0 aromatic heterocycles. The highest BCUT2D eigenvalue weighted by Crippen LogP contribution is 2.32. The fraction of sp³-hybridized carbons (Fsp3) is 0.143. The van der Waals surface area contributed by atoms with Crippen molar-refractivity contribution < 1.29 is 0 Å². The topological polar surface area (TPSA) is 49.9 Å². The average molecular weight is 185 g/mol. The molecule has 0 spiro atoms. The summed E-state index contributed by atoms with van der Waals surface area (Å²) in [6.07, 6.45) is 0. The van der Waals surface area contributed by atoms with Gasteiger partial charge in [-0.2, -0.15) is 0 Å². The highest BCUT2D eigenvalue weighted by molar-refractivity contribution is 8.50. The summed E-state index contributed by atoms with van der Waals surface area (Å²) in [4.78, 5) is 0. The van der Waals surface area contributed by atoms with Crippen molar-refractivity contribution in [2.24, 2.45) is 5.50 Å². The summed E-state index contributed by atoms with van der Waals surface area (Å²) in [5, 5.41) is 7.13. The number of hydrogen-bond acceptors (Lipinski definition) is 2. The van der Waals surface area contributed by atoms with Crippen molar-refractivity contribution in [3.63, 3.8) is 0 Å². The van der Waals surface area contributed by atoms with Gasteiger partial charge < -0.3 is 0 Å². The Bertz CT molecular complexity index is 237. The molecule has 0 aliphatic rings. The number of benzene rings is 1. The fourth-order valence-corrected chi connectivity index (χ4v) is 2.06. The molecule has 1 atom stereocenters. The molecule has 1 aromatic rings. The summed E-state index contributed by atoms with van der Waals surface area (Å²) in [6.45, 7) is 0. The minimum absolute atomic E-state index is 0.854. The molecule has 4 heteroatoms. The van der Waals surface area contributed by atoms with Gasteiger partial charge in [0.25, 0.3) is 0 Å². The lowest BCUT2D eigenvalue weighted by Crippen LogP contribution is -1.77. The standard InChI is InChI=1S/C7H10N2PS/c8-10(9)11-6-7-4-2-1-3-5-7/h1-5H,6H2,(H3,8,9)/q+1. The first-order valence-electron chi connectivity index (χ1n) is 3.22. The van der Waals surface area contributed by atoms with Gasteiger partial charge in [0.2, 0.25) is 0 Å². The molecule has 0 saturated carbocycles. The quantitative estimate of drug-likeness (QED) is 0.711. The summed E-state index contributed by atoms with van der Waals surface area (Å²) in [7, 11) is -1.06. The molecule has 3 N–H and O–H groups in total. The van der Waals surface area contributed by atoms with E-state index in [1.54, 1.807) is 0 Å². The minimum Gasteiger partial charge on any atom is -0.128 e. The molecular weight excluding hydrogens is 175 g/mol. The molecular formula is C7H10N2PS+. The van der Waals surface area contributed by atoms with Gasteiger partial charge in [0.15, 0.2) is 0 Å². The molecule has 11 heavy (non-hydrogen) atoms. The predicted octanol–water partition coefficient (Wildman–Crippen LogP) is 2.95. The van der Waals surface area contributed by atoms with Gasteiger partial charge in [-0.15, -0.1) is 5.50 Å². The maximum Gasteiger partial charge on any atom is 0.363 e. The first-order chi connectivity index (χ1) is 5.29. The average Bonchev–Trinajstić information content (AvgIpc) is 2.03.